The summed E-state index contributed by atoms with van der Waals surface area (Å²) in [4.78, 5) is 48.0. The molecule has 0 aliphatic carbocycles. The molecule has 0 amide bonds. The van der Waals surface area contributed by atoms with Crippen molar-refractivity contribution in [2.45, 2.75) is 24.5 Å². The van der Waals surface area contributed by atoms with Crippen LogP contribution in [-0.2, 0) is 22.7 Å². The van der Waals surface area contributed by atoms with Crippen LogP contribution in [0.1, 0.15) is 6.23 Å². The zero-order valence-corrected chi connectivity index (χ0v) is 14.9. The maximum Gasteiger partial charge on any atom is 0.481 e. The van der Waals surface area contributed by atoms with Crippen molar-refractivity contribution in [3.05, 3.63) is 23.0 Å². The van der Waals surface area contributed by atoms with Crippen molar-refractivity contribution in [3.8, 4) is 0 Å². The number of aromatic nitrogens is 4. The highest BCUT2D eigenvalue weighted by Gasteiger charge is 2.46. The third-order valence-electron chi connectivity index (χ3n) is 3.59. The number of ether oxygens (including phenoxy) is 1. The number of aromatic amines is 1. The minimum absolute atomic E-state index is 0.0441. The van der Waals surface area contributed by atoms with E-state index in [0.29, 0.717) is 0 Å². The van der Waals surface area contributed by atoms with E-state index in [-0.39, 0.29) is 11.2 Å². The van der Waals surface area contributed by atoms with Crippen molar-refractivity contribution in [2.24, 2.45) is 0 Å². The van der Waals surface area contributed by atoms with E-state index in [2.05, 4.69) is 23.8 Å². The largest absolute Gasteiger partial charge is 0.481 e. The van der Waals surface area contributed by atoms with E-state index >= 15 is 0 Å². The van der Waals surface area contributed by atoms with E-state index in [4.69, 9.17) is 14.5 Å². The van der Waals surface area contributed by atoms with Crippen LogP contribution in [0.3, 0.4) is 0 Å². The molecule has 1 aliphatic heterocycles. The first-order chi connectivity index (χ1) is 12.5. The van der Waals surface area contributed by atoms with Gasteiger partial charge < -0.3 is 34.6 Å². The zero-order valence-electron chi connectivity index (χ0n) is 13.1. The SMILES string of the molecule is O=c1[nH]cnc2c1ncn2[C@H]1O[C@@H](COP(=O)(O)OP(=O)(O)O)C(O)C1O. The molecule has 0 bridgehead atoms. The van der Waals surface area contributed by atoms with E-state index in [9.17, 15) is 29.0 Å². The number of hydrogen-bond donors (Lipinski definition) is 6. The summed E-state index contributed by atoms with van der Waals surface area (Å²) in [6.45, 7) is -0.844. The maximum atomic E-state index is 11.7. The molecule has 1 aliphatic rings. The zero-order chi connectivity index (χ0) is 20.0. The molecule has 1 fully saturated rings. The number of hydrogen-bond acceptors (Lipinski definition) is 10. The number of fused-ring (bicyclic) bond motifs is 1. The first-order valence-electron chi connectivity index (χ1n) is 7.14. The third-order valence-corrected chi connectivity index (χ3v) is 5.74. The number of aliphatic hydroxyl groups is 2. The monoisotopic (exact) mass is 428 g/mol. The van der Waals surface area contributed by atoms with Gasteiger partial charge in [0.1, 0.15) is 18.3 Å². The number of rotatable bonds is 6. The minimum Gasteiger partial charge on any atom is -0.387 e. The van der Waals surface area contributed by atoms with Crippen molar-refractivity contribution in [2.75, 3.05) is 6.61 Å². The van der Waals surface area contributed by atoms with Gasteiger partial charge in [-0.15, -0.1) is 0 Å². The molecule has 17 heteroatoms. The third kappa shape index (κ3) is 4.33. The standard InChI is InChI=1S/C10H14N4O11P2/c15-6-4(1-23-27(21,22)25-26(18,19)20)24-10(7(6)16)14-3-13-5-8(14)11-2-12-9(5)17/h2-4,6-7,10,15-16H,1H2,(H,21,22)(H,11,12,17)(H2,18,19,20)/t4-,6?,7?,10-/m0/s1. The molecule has 150 valence electrons. The van der Waals surface area contributed by atoms with Crippen LogP contribution in [0.4, 0.5) is 0 Å². The van der Waals surface area contributed by atoms with Gasteiger partial charge in [0.2, 0.25) is 0 Å². The average Bonchev–Trinajstić information content (AvgIpc) is 3.07. The molecule has 0 aromatic carbocycles. The number of phosphoric ester groups is 1. The lowest BCUT2D eigenvalue weighted by Crippen LogP contribution is -2.33. The fourth-order valence-corrected chi connectivity index (χ4v) is 4.07. The lowest BCUT2D eigenvalue weighted by atomic mass is 10.1. The molecule has 0 spiro atoms. The second-order valence-corrected chi connectivity index (χ2v) is 8.27. The van der Waals surface area contributed by atoms with Crippen molar-refractivity contribution >= 4 is 26.8 Å². The summed E-state index contributed by atoms with van der Waals surface area (Å²) in [5, 5.41) is 20.2. The van der Waals surface area contributed by atoms with E-state index in [0.717, 1.165) is 12.7 Å². The summed E-state index contributed by atoms with van der Waals surface area (Å²) in [6, 6.07) is 0. The molecule has 2 aromatic heterocycles. The summed E-state index contributed by atoms with van der Waals surface area (Å²) in [5.41, 5.74) is -0.533. The Balaban J connectivity index is 1.76. The van der Waals surface area contributed by atoms with Crippen LogP contribution in [0.15, 0.2) is 17.4 Å². The smallest absolute Gasteiger partial charge is 0.387 e. The van der Waals surface area contributed by atoms with E-state index in [1.54, 1.807) is 0 Å². The summed E-state index contributed by atoms with van der Waals surface area (Å²) < 4.78 is 36.6. The number of aliphatic hydroxyl groups excluding tert-OH is 2. The van der Waals surface area contributed by atoms with Gasteiger partial charge in [-0.3, -0.25) is 13.9 Å². The molecule has 1 saturated heterocycles. The second-order valence-electron chi connectivity index (χ2n) is 5.44. The number of H-pyrrole nitrogens is 1. The highest BCUT2D eigenvalue weighted by Crippen LogP contribution is 2.57. The summed E-state index contributed by atoms with van der Waals surface area (Å²) in [5.74, 6) is 0. The highest BCUT2D eigenvalue weighted by atomic mass is 31.3. The number of nitrogens with zero attached hydrogens (tertiary/aromatic N) is 3. The number of nitrogens with one attached hydrogen (secondary N) is 1. The molecule has 3 unspecified atom stereocenters. The maximum absolute atomic E-state index is 11.7. The van der Waals surface area contributed by atoms with Crippen LogP contribution >= 0.6 is 15.6 Å². The molecule has 5 atom stereocenters. The van der Waals surface area contributed by atoms with Crippen molar-refractivity contribution < 1.29 is 47.6 Å². The minimum atomic E-state index is -5.30. The normalized spacial score (nSPS) is 28.5. The van der Waals surface area contributed by atoms with Crippen LogP contribution in [-0.4, -0.2) is 69.3 Å². The Kier molecular flexibility index (Phi) is 5.35. The molecular weight excluding hydrogens is 414 g/mol. The Morgan fingerprint density at radius 3 is 2.59 bits per heavy atom. The van der Waals surface area contributed by atoms with Crippen LogP contribution in [0.2, 0.25) is 0 Å². The topological polar surface area (TPSA) is 227 Å². The number of imidazole rings is 1. The fraction of sp³-hybridized carbons (Fsp3) is 0.500. The van der Waals surface area contributed by atoms with Crippen molar-refractivity contribution in [3.63, 3.8) is 0 Å². The van der Waals surface area contributed by atoms with Crippen LogP contribution in [0.5, 0.6) is 0 Å². The van der Waals surface area contributed by atoms with Crippen LogP contribution in [0, 0.1) is 0 Å². The first-order valence-corrected chi connectivity index (χ1v) is 10.2. The molecule has 3 rings (SSSR count). The second kappa shape index (κ2) is 7.14. The van der Waals surface area contributed by atoms with E-state index in [1.165, 1.54) is 4.57 Å². The van der Waals surface area contributed by atoms with Gasteiger partial charge in [0, 0.05) is 0 Å². The average molecular weight is 428 g/mol. The highest BCUT2D eigenvalue weighted by molar-refractivity contribution is 7.60. The molecular formula is C10H14N4O11P2. The summed E-state index contributed by atoms with van der Waals surface area (Å²) in [7, 11) is -10.5. The number of phosphoric acid groups is 2. The van der Waals surface area contributed by atoms with Gasteiger partial charge >= 0.3 is 15.6 Å². The van der Waals surface area contributed by atoms with Crippen LogP contribution < -0.4 is 5.56 Å². The quantitative estimate of drug-likeness (QED) is 0.273. The van der Waals surface area contributed by atoms with Gasteiger partial charge in [-0.25, -0.2) is 19.1 Å². The molecule has 0 saturated carbocycles. The van der Waals surface area contributed by atoms with Gasteiger partial charge in [0.25, 0.3) is 5.56 Å². The first kappa shape index (κ1) is 20.2. The lowest BCUT2D eigenvalue weighted by Gasteiger charge is -2.17. The molecule has 0 radical (unpaired) electrons. The van der Waals surface area contributed by atoms with Crippen LogP contribution in [0.25, 0.3) is 11.2 Å². The van der Waals surface area contributed by atoms with Gasteiger partial charge in [-0.2, -0.15) is 4.31 Å². The van der Waals surface area contributed by atoms with Gasteiger partial charge in [-0.1, -0.05) is 0 Å². The summed E-state index contributed by atoms with van der Waals surface area (Å²) >= 11 is 0. The predicted octanol–water partition coefficient (Wildman–Crippen LogP) is -2.03. The Morgan fingerprint density at radius 2 is 1.93 bits per heavy atom. The van der Waals surface area contributed by atoms with Gasteiger partial charge in [-0.05, 0) is 0 Å². The Bertz CT molecular complexity index is 985. The molecule has 27 heavy (non-hydrogen) atoms. The molecule has 2 aromatic rings. The fourth-order valence-electron chi connectivity index (χ4n) is 2.47. The molecule has 15 nitrogen and oxygen atoms in total. The predicted molar refractivity (Wildman–Crippen MR) is 83.0 cm³/mol. The van der Waals surface area contributed by atoms with Crippen molar-refractivity contribution in [1.29, 1.82) is 0 Å². The molecule has 3 heterocycles. The van der Waals surface area contributed by atoms with E-state index in [1.807, 2.05) is 0 Å². The Labute approximate surface area is 149 Å². The van der Waals surface area contributed by atoms with Gasteiger partial charge in [0.05, 0.1) is 19.3 Å². The lowest BCUT2D eigenvalue weighted by molar-refractivity contribution is -0.0503. The Hall–Kier alpha value is -1.51. The summed E-state index contributed by atoms with van der Waals surface area (Å²) in [6.07, 6.45) is -3.56. The Morgan fingerprint density at radius 1 is 1.22 bits per heavy atom. The van der Waals surface area contributed by atoms with Gasteiger partial charge in [0.15, 0.2) is 17.4 Å². The van der Waals surface area contributed by atoms with E-state index < -0.39 is 52.4 Å². The molecule has 6 N–H and O–H groups in total. The van der Waals surface area contributed by atoms with Crippen molar-refractivity contribution in [1.82, 2.24) is 19.5 Å².